The Morgan fingerprint density at radius 1 is 1.03 bits per heavy atom. The van der Waals surface area contributed by atoms with Crippen LogP contribution in [0.5, 0.6) is 0 Å². The summed E-state index contributed by atoms with van der Waals surface area (Å²) in [5.41, 5.74) is 4.61. The van der Waals surface area contributed by atoms with Crippen molar-refractivity contribution in [2.24, 2.45) is 0 Å². The van der Waals surface area contributed by atoms with Gasteiger partial charge in [-0.2, -0.15) is 5.26 Å². The Labute approximate surface area is 202 Å². The number of hydrogen-bond donors (Lipinski definition) is 1. The fourth-order valence-electron chi connectivity index (χ4n) is 3.36. The lowest BCUT2D eigenvalue weighted by Gasteiger charge is -2.09. The third kappa shape index (κ3) is 6.10. The fraction of sp³-hybridized carbons (Fsp3) is 0.240. The zero-order valence-electron chi connectivity index (χ0n) is 19.5. The van der Waals surface area contributed by atoms with Crippen molar-refractivity contribution in [3.05, 3.63) is 71.7 Å². The van der Waals surface area contributed by atoms with Crippen LogP contribution in [0.2, 0.25) is 0 Å². The second kappa shape index (κ2) is 11.1. The quantitative estimate of drug-likeness (QED) is 0.396. The first kappa shape index (κ1) is 23.7. The van der Waals surface area contributed by atoms with Crippen LogP contribution in [0.4, 0.5) is 5.95 Å². The lowest BCUT2D eigenvalue weighted by atomic mass is 10.1. The maximum Gasteiger partial charge on any atom is 0.252 e. The van der Waals surface area contributed by atoms with E-state index in [2.05, 4.69) is 43.6 Å². The number of carbonyl (C=O) groups excluding carboxylic acids is 1. The van der Waals surface area contributed by atoms with Gasteiger partial charge in [0, 0.05) is 17.9 Å². The van der Waals surface area contributed by atoms with Gasteiger partial charge in [-0.1, -0.05) is 30.3 Å². The van der Waals surface area contributed by atoms with Gasteiger partial charge in [0.05, 0.1) is 41.5 Å². The molecule has 0 spiro atoms. The van der Waals surface area contributed by atoms with Gasteiger partial charge in [-0.3, -0.25) is 15.1 Å². The smallest absolute Gasteiger partial charge is 0.252 e. The molecule has 0 unspecified atom stereocenters. The molecule has 3 heterocycles. The summed E-state index contributed by atoms with van der Waals surface area (Å²) in [6.45, 7) is 4.63. The number of hydrogen-bond acceptors (Lipinski definition) is 8. The summed E-state index contributed by atoms with van der Waals surface area (Å²) in [5, 5.41) is 20.4. The predicted octanol–water partition coefficient (Wildman–Crippen LogP) is 3.25. The first-order valence-electron chi connectivity index (χ1n) is 11.2. The molecule has 0 bridgehead atoms. The zero-order valence-corrected chi connectivity index (χ0v) is 19.5. The SMILES string of the molecule is CCOCC(=O)Nc1nc(-c2cccc(C#N)c2)cc(-c2cn(Cc3cccc(CC)n3)nn2)n1. The molecule has 0 saturated heterocycles. The largest absolute Gasteiger partial charge is 0.372 e. The van der Waals surface area contributed by atoms with Crippen LogP contribution in [-0.4, -0.2) is 49.1 Å². The van der Waals surface area contributed by atoms with Crippen molar-refractivity contribution < 1.29 is 9.53 Å². The molecule has 1 aromatic carbocycles. The summed E-state index contributed by atoms with van der Waals surface area (Å²) >= 11 is 0. The molecule has 1 N–H and O–H groups in total. The normalized spacial score (nSPS) is 10.7. The number of nitrogens with zero attached hydrogens (tertiary/aromatic N) is 7. The number of aromatic nitrogens is 6. The van der Waals surface area contributed by atoms with E-state index in [1.54, 1.807) is 35.1 Å². The van der Waals surface area contributed by atoms with Crippen molar-refractivity contribution in [3.8, 4) is 28.7 Å². The molecular formula is C25H24N8O2. The number of anilines is 1. The topological polar surface area (TPSA) is 132 Å². The molecular weight excluding hydrogens is 444 g/mol. The molecule has 1 amide bonds. The number of nitriles is 1. The number of ether oxygens (including phenoxy) is 1. The molecule has 10 nitrogen and oxygen atoms in total. The summed E-state index contributed by atoms with van der Waals surface area (Å²) in [6, 6.07) is 16.8. The number of amides is 1. The van der Waals surface area contributed by atoms with Crippen molar-refractivity contribution in [2.75, 3.05) is 18.5 Å². The van der Waals surface area contributed by atoms with E-state index in [9.17, 15) is 10.1 Å². The Balaban J connectivity index is 1.67. The molecule has 0 fully saturated rings. The van der Waals surface area contributed by atoms with E-state index in [0.29, 0.717) is 41.4 Å². The standard InChI is InChI=1S/C25H24N8O2/c1-3-19-9-6-10-20(27-19)14-33-15-23(31-32-33)22-12-21(18-8-5-7-17(11-18)13-26)28-25(29-22)30-24(34)16-35-4-2/h5-12,15H,3-4,14,16H2,1-2H3,(H,28,29,30,34). The predicted molar refractivity (Wildman–Crippen MR) is 129 cm³/mol. The molecule has 0 saturated carbocycles. The van der Waals surface area contributed by atoms with Gasteiger partial charge in [0.2, 0.25) is 5.95 Å². The zero-order chi connectivity index (χ0) is 24.6. The first-order chi connectivity index (χ1) is 17.1. The number of benzene rings is 1. The minimum absolute atomic E-state index is 0.108. The van der Waals surface area contributed by atoms with Crippen LogP contribution in [0.1, 0.15) is 30.8 Å². The Morgan fingerprint density at radius 3 is 2.63 bits per heavy atom. The number of carbonyl (C=O) groups is 1. The highest BCUT2D eigenvalue weighted by atomic mass is 16.5. The summed E-state index contributed by atoms with van der Waals surface area (Å²) in [6.07, 6.45) is 2.62. The van der Waals surface area contributed by atoms with E-state index in [4.69, 9.17) is 4.74 Å². The lowest BCUT2D eigenvalue weighted by molar-refractivity contribution is -0.120. The van der Waals surface area contributed by atoms with Gasteiger partial charge >= 0.3 is 0 Å². The fourth-order valence-corrected chi connectivity index (χ4v) is 3.36. The van der Waals surface area contributed by atoms with Crippen LogP contribution in [0.3, 0.4) is 0 Å². The van der Waals surface area contributed by atoms with Crippen LogP contribution in [-0.2, 0) is 22.5 Å². The molecule has 0 aliphatic rings. The van der Waals surface area contributed by atoms with E-state index in [1.807, 2.05) is 31.2 Å². The Hall–Kier alpha value is -4.49. The molecule has 0 aliphatic carbocycles. The molecule has 4 aromatic rings. The Kier molecular flexibility index (Phi) is 7.50. The number of rotatable bonds is 9. The van der Waals surface area contributed by atoms with Crippen molar-refractivity contribution >= 4 is 11.9 Å². The third-order valence-corrected chi connectivity index (χ3v) is 5.05. The van der Waals surface area contributed by atoms with Gasteiger partial charge in [-0.05, 0) is 43.7 Å². The summed E-state index contributed by atoms with van der Waals surface area (Å²) in [4.78, 5) is 25.8. The molecule has 0 radical (unpaired) electrons. The highest BCUT2D eigenvalue weighted by molar-refractivity contribution is 5.90. The molecule has 176 valence electrons. The van der Waals surface area contributed by atoms with Crippen LogP contribution in [0, 0.1) is 11.3 Å². The average molecular weight is 469 g/mol. The lowest BCUT2D eigenvalue weighted by Crippen LogP contribution is -2.20. The molecule has 4 rings (SSSR count). The van der Waals surface area contributed by atoms with Crippen LogP contribution in [0.15, 0.2) is 54.7 Å². The second-order valence-corrected chi connectivity index (χ2v) is 7.62. The van der Waals surface area contributed by atoms with Crippen molar-refractivity contribution in [1.29, 1.82) is 5.26 Å². The highest BCUT2D eigenvalue weighted by Gasteiger charge is 2.14. The molecule has 10 heteroatoms. The number of pyridine rings is 1. The average Bonchev–Trinajstić information content (AvgIpc) is 3.36. The molecule has 0 atom stereocenters. The Bertz CT molecular complexity index is 1380. The van der Waals surface area contributed by atoms with Gasteiger partial charge in [0.25, 0.3) is 5.91 Å². The van der Waals surface area contributed by atoms with E-state index in [-0.39, 0.29) is 18.5 Å². The minimum Gasteiger partial charge on any atom is -0.372 e. The monoisotopic (exact) mass is 468 g/mol. The summed E-state index contributed by atoms with van der Waals surface area (Å²) in [7, 11) is 0. The van der Waals surface area contributed by atoms with Gasteiger partial charge in [0.15, 0.2) is 0 Å². The van der Waals surface area contributed by atoms with Gasteiger partial charge in [-0.25, -0.2) is 14.6 Å². The maximum absolute atomic E-state index is 12.2. The summed E-state index contributed by atoms with van der Waals surface area (Å²) < 4.78 is 6.85. The maximum atomic E-state index is 12.2. The number of nitrogens with one attached hydrogen (secondary N) is 1. The molecule has 35 heavy (non-hydrogen) atoms. The Morgan fingerprint density at radius 2 is 1.83 bits per heavy atom. The minimum atomic E-state index is -0.369. The van der Waals surface area contributed by atoms with Crippen LogP contribution in [0.25, 0.3) is 22.6 Å². The van der Waals surface area contributed by atoms with E-state index in [1.165, 1.54) is 0 Å². The second-order valence-electron chi connectivity index (χ2n) is 7.62. The number of aryl methyl sites for hydroxylation is 1. The summed E-state index contributed by atoms with van der Waals surface area (Å²) in [5.74, 6) is -0.261. The van der Waals surface area contributed by atoms with E-state index >= 15 is 0 Å². The van der Waals surface area contributed by atoms with Gasteiger partial charge in [0.1, 0.15) is 12.3 Å². The van der Waals surface area contributed by atoms with Crippen molar-refractivity contribution in [1.82, 2.24) is 29.9 Å². The van der Waals surface area contributed by atoms with Crippen LogP contribution >= 0.6 is 0 Å². The molecule has 3 aromatic heterocycles. The van der Waals surface area contributed by atoms with Crippen molar-refractivity contribution in [2.45, 2.75) is 26.8 Å². The van der Waals surface area contributed by atoms with E-state index < -0.39 is 0 Å². The first-order valence-corrected chi connectivity index (χ1v) is 11.2. The van der Waals surface area contributed by atoms with Crippen LogP contribution < -0.4 is 5.32 Å². The van der Waals surface area contributed by atoms with Gasteiger partial charge in [-0.15, -0.1) is 5.10 Å². The van der Waals surface area contributed by atoms with Crippen molar-refractivity contribution in [3.63, 3.8) is 0 Å². The molecule has 0 aliphatic heterocycles. The highest BCUT2D eigenvalue weighted by Crippen LogP contribution is 2.25. The van der Waals surface area contributed by atoms with Gasteiger partial charge < -0.3 is 4.74 Å². The third-order valence-electron chi connectivity index (χ3n) is 5.05. The van der Waals surface area contributed by atoms with E-state index in [0.717, 1.165) is 17.8 Å².